The molecule has 0 radical (unpaired) electrons. The van der Waals surface area contributed by atoms with Crippen LogP contribution in [0.15, 0.2) is 16.7 Å². The van der Waals surface area contributed by atoms with E-state index in [1.165, 1.54) is 0 Å². The van der Waals surface area contributed by atoms with E-state index in [0.29, 0.717) is 30.1 Å². The summed E-state index contributed by atoms with van der Waals surface area (Å²) < 4.78 is 11.6. The maximum Gasteiger partial charge on any atom is 0.255 e. The van der Waals surface area contributed by atoms with Gasteiger partial charge in [-0.15, -0.1) is 0 Å². The highest BCUT2D eigenvalue weighted by atomic mass is 79.9. The standard InChI is InChI=1S/C11H16BrN3O2S/c1-13-10-9(6-8(12)7-15-10)11(16)14-4-3-5-18(2)17/h6-7H,3-5H2,1-2H3,(H,13,15)(H,14,16). The summed E-state index contributed by atoms with van der Waals surface area (Å²) in [6.45, 7) is 0.508. The van der Waals surface area contributed by atoms with Crippen LogP contribution in [-0.2, 0) is 10.8 Å². The number of halogens is 1. The van der Waals surface area contributed by atoms with Gasteiger partial charge in [0.2, 0.25) is 0 Å². The third kappa shape index (κ3) is 4.73. The predicted octanol–water partition coefficient (Wildman–Crippen LogP) is 1.38. The summed E-state index contributed by atoms with van der Waals surface area (Å²) in [5.74, 6) is 0.945. The Morgan fingerprint density at radius 2 is 2.28 bits per heavy atom. The van der Waals surface area contributed by atoms with Crippen molar-refractivity contribution >= 4 is 38.5 Å². The maximum atomic E-state index is 11.9. The fourth-order valence-corrected chi connectivity index (χ4v) is 2.27. The molecule has 0 saturated carbocycles. The van der Waals surface area contributed by atoms with Crippen molar-refractivity contribution in [3.8, 4) is 0 Å². The number of aromatic nitrogens is 1. The van der Waals surface area contributed by atoms with Crippen LogP contribution in [0.1, 0.15) is 16.8 Å². The molecule has 1 amide bonds. The van der Waals surface area contributed by atoms with E-state index in [1.807, 2.05) is 0 Å². The molecule has 0 aliphatic carbocycles. The Labute approximate surface area is 117 Å². The SMILES string of the molecule is CNc1ncc(Br)cc1C(=O)NCCCS(C)=O. The van der Waals surface area contributed by atoms with Crippen molar-refractivity contribution in [1.29, 1.82) is 0 Å². The average Bonchev–Trinajstić information content (AvgIpc) is 2.34. The number of nitrogens with one attached hydrogen (secondary N) is 2. The Morgan fingerprint density at radius 1 is 1.56 bits per heavy atom. The van der Waals surface area contributed by atoms with E-state index in [9.17, 15) is 9.00 Å². The first-order valence-corrected chi connectivity index (χ1v) is 7.98. The van der Waals surface area contributed by atoms with Crippen LogP contribution in [0.2, 0.25) is 0 Å². The number of hydrogen-bond acceptors (Lipinski definition) is 4. The summed E-state index contributed by atoms with van der Waals surface area (Å²) >= 11 is 3.28. The second kappa shape index (κ2) is 7.48. The highest BCUT2D eigenvalue weighted by Gasteiger charge is 2.11. The molecule has 5 nitrogen and oxygen atoms in total. The Hall–Kier alpha value is -0.950. The van der Waals surface area contributed by atoms with E-state index in [-0.39, 0.29) is 5.91 Å². The van der Waals surface area contributed by atoms with Crippen LogP contribution in [0.25, 0.3) is 0 Å². The van der Waals surface area contributed by atoms with Gasteiger partial charge in [0.25, 0.3) is 5.91 Å². The lowest BCUT2D eigenvalue weighted by atomic mass is 10.2. The zero-order chi connectivity index (χ0) is 13.5. The van der Waals surface area contributed by atoms with Crippen molar-refractivity contribution in [3.05, 3.63) is 22.3 Å². The number of amides is 1. The Balaban J connectivity index is 2.60. The molecule has 18 heavy (non-hydrogen) atoms. The first kappa shape index (κ1) is 15.1. The number of pyridine rings is 1. The van der Waals surface area contributed by atoms with E-state index in [2.05, 4.69) is 31.5 Å². The monoisotopic (exact) mass is 333 g/mol. The van der Waals surface area contributed by atoms with Crippen molar-refractivity contribution in [2.24, 2.45) is 0 Å². The average molecular weight is 334 g/mol. The van der Waals surface area contributed by atoms with Gasteiger partial charge in [-0.05, 0) is 28.4 Å². The van der Waals surface area contributed by atoms with Gasteiger partial charge in [0.05, 0.1) is 5.56 Å². The van der Waals surface area contributed by atoms with Crippen LogP contribution in [-0.4, -0.2) is 40.7 Å². The largest absolute Gasteiger partial charge is 0.372 e. The minimum absolute atomic E-state index is 0.185. The quantitative estimate of drug-likeness (QED) is 0.771. The summed E-state index contributed by atoms with van der Waals surface area (Å²) in [5, 5.41) is 5.65. The van der Waals surface area contributed by atoms with Crippen LogP contribution in [0.5, 0.6) is 0 Å². The van der Waals surface area contributed by atoms with Gasteiger partial charge in [-0.2, -0.15) is 0 Å². The Kier molecular flexibility index (Phi) is 6.28. The molecule has 1 rings (SSSR count). The van der Waals surface area contributed by atoms with E-state index in [4.69, 9.17) is 0 Å². The van der Waals surface area contributed by atoms with Gasteiger partial charge >= 0.3 is 0 Å². The van der Waals surface area contributed by atoms with E-state index in [0.717, 1.165) is 4.47 Å². The second-order valence-corrected chi connectivity index (χ2v) is 6.16. The van der Waals surface area contributed by atoms with Gasteiger partial charge in [-0.3, -0.25) is 9.00 Å². The number of anilines is 1. The van der Waals surface area contributed by atoms with Crippen molar-refractivity contribution in [2.75, 3.05) is 30.9 Å². The zero-order valence-corrected chi connectivity index (χ0v) is 12.7. The van der Waals surface area contributed by atoms with Gasteiger partial charge < -0.3 is 10.6 Å². The van der Waals surface area contributed by atoms with Crippen molar-refractivity contribution in [3.63, 3.8) is 0 Å². The van der Waals surface area contributed by atoms with Crippen LogP contribution in [0.4, 0.5) is 5.82 Å². The van der Waals surface area contributed by atoms with E-state index in [1.54, 1.807) is 25.6 Å². The van der Waals surface area contributed by atoms with Gasteiger partial charge in [-0.25, -0.2) is 4.98 Å². The molecule has 100 valence electrons. The first-order chi connectivity index (χ1) is 8.54. The summed E-state index contributed by atoms with van der Waals surface area (Å²) in [6, 6.07) is 1.71. The molecule has 0 aromatic carbocycles. The molecule has 0 fully saturated rings. The Morgan fingerprint density at radius 3 is 2.89 bits per heavy atom. The second-order valence-electron chi connectivity index (χ2n) is 3.69. The molecule has 1 atom stereocenters. The number of rotatable bonds is 6. The number of hydrogen-bond donors (Lipinski definition) is 2. The molecular formula is C11H16BrN3O2S. The van der Waals surface area contributed by atoms with Gasteiger partial charge in [0.15, 0.2) is 0 Å². The summed E-state index contributed by atoms with van der Waals surface area (Å²) in [5.41, 5.74) is 0.490. The number of carbonyl (C=O) groups is 1. The van der Waals surface area contributed by atoms with Crippen LogP contribution < -0.4 is 10.6 Å². The van der Waals surface area contributed by atoms with Crippen molar-refractivity contribution in [2.45, 2.75) is 6.42 Å². The normalized spacial score (nSPS) is 11.9. The molecule has 0 aliphatic heterocycles. The third-order valence-electron chi connectivity index (χ3n) is 2.23. The van der Waals surface area contributed by atoms with Gasteiger partial charge in [0.1, 0.15) is 5.82 Å². The van der Waals surface area contributed by atoms with Crippen molar-refractivity contribution in [1.82, 2.24) is 10.3 Å². The summed E-state index contributed by atoms with van der Waals surface area (Å²) in [7, 11) is 0.898. The molecule has 0 saturated heterocycles. The lowest BCUT2D eigenvalue weighted by Gasteiger charge is -2.09. The fraction of sp³-hybridized carbons (Fsp3) is 0.455. The van der Waals surface area contributed by atoms with Crippen LogP contribution in [0.3, 0.4) is 0 Å². The predicted molar refractivity (Wildman–Crippen MR) is 77.4 cm³/mol. The van der Waals surface area contributed by atoms with Crippen LogP contribution in [0, 0.1) is 0 Å². The maximum absolute atomic E-state index is 11.9. The number of nitrogens with zero attached hydrogens (tertiary/aromatic N) is 1. The highest BCUT2D eigenvalue weighted by Crippen LogP contribution is 2.17. The molecular weight excluding hydrogens is 318 g/mol. The zero-order valence-electron chi connectivity index (χ0n) is 10.3. The first-order valence-electron chi connectivity index (χ1n) is 5.46. The molecule has 0 bridgehead atoms. The molecule has 0 spiro atoms. The lowest BCUT2D eigenvalue weighted by Crippen LogP contribution is -2.26. The number of carbonyl (C=O) groups excluding carboxylic acids is 1. The smallest absolute Gasteiger partial charge is 0.255 e. The Bertz CT molecular complexity index is 454. The molecule has 1 unspecified atom stereocenters. The molecule has 1 heterocycles. The topological polar surface area (TPSA) is 71.1 Å². The molecule has 1 aromatic heterocycles. The molecule has 1 aromatic rings. The minimum Gasteiger partial charge on any atom is -0.372 e. The van der Waals surface area contributed by atoms with E-state index < -0.39 is 10.8 Å². The molecule has 7 heteroatoms. The van der Waals surface area contributed by atoms with Gasteiger partial charge in [0, 0.05) is 47.1 Å². The summed E-state index contributed by atoms with van der Waals surface area (Å²) in [6.07, 6.45) is 3.98. The van der Waals surface area contributed by atoms with Crippen molar-refractivity contribution < 1.29 is 9.00 Å². The van der Waals surface area contributed by atoms with E-state index >= 15 is 0 Å². The van der Waals surface area contributed by atoms with Crippen LogP contribution >= 0.6 is 15.9 Å². The molecule has 0 aliphatic rings. The fourth-order valence-electron chi connectivity index (χ4n) is 1.38. The highest BCUT2D eigenvalue weighted by molar-refractivity contribution is 9.10. The summed E-state index contributed by atoms with van der Waals surface area (Å²) in [4.78, 5) is 16.0. The van der Waals surface area contributed by atoms with Gasteiger partial charge in [-0.1, -0.05) is 0 Å². The third-order valence-corrected chi connectivity index (χ3v) is 3.53. The minimum atomic E-state index is -0.818. The molecule has 2 N–H and O–H groups in total. The lowest BCUT2D eigenvalue weighted by molar-refractivity contribution is 0.0954.